The first-order valence-corrected chi connectivity index (χ1v) is 8.04. The van der Waals surface area contributed by atoms with Crippen LogP contribution in [0.25, 0.3) is 0 Å². The van der Waals surface area contributed by atoms with Crippen molar-refractivity contribution in [1.29, 1.82) is 0 Å². The molecule has 1 N–H and O–H groups in total. The summed E-state index contributed by atoms with van der Waals surface area (Å²) in [4.78, 5) is 0. The smallest absolute Gasteiger partial charge is 0.425 e. The lowest BCUT2D eigenvalue weighted by Crippen LogP contribution is -2.43. The van der Waals surface area contributed by atoms with Crippen molar-refractivity contribution in [1.82, 2.24) is 0 Å². The van der Waals surface area contributed by atoms with Gasteiger partial charge < -0.3 is 9.84 Å². The van der Waals surface area contributed by atoms with Crippen molar-refractivity contribution < 1.29 is 23.0 Å². The van der Waals surface area contributed by atoms with Crippen LogP contribution >= 0.6 is 0 Å². The first kappa shape index (κ1) is 18.0. The number of hydrogen-bond acceptors (Lipinski definition) is 2. The molecular weight excluding hydrogens is 341 g/mol. The third kappa shape index (κ3) is 3.44. The van der Waals surface area contributed by atoms with Crippen LogP contribution in [0.3, 0.4) is 0 Å². The fourth-order valence-electron chi connectivity index (χ4n) is 2.78. The Morgan fingerprint density at radius 1 is 0.731 bits per heavy atom. The molecule has 3 aromatic carbocycles. The molecule has 0 spiro atoms. The Balaban J connectivity index is 2.03. The summed E-state index contributed by atoms with van der Waals surface area (Å²) < 4.78 is 47.4. The highest BCUT2D eigenvalue weighted by Gasteiger charge is 2.57. The molecule has 0 aliphatic heterocycles. The van der Waals surface area contributed by atoms with Crippen LogP contribution in [0.2, 0.25) is 0 Å². The number of alkyl halides is 3. The fraction of sp³-hybridized carbons (Fsp3) is 0.143. The van der Waals surface area contributed by atoms with E-state index in [1.54, 1.807) is 12.1 Å². The second-order valence-electron chi connectivity index (χ2n) is 5.84. The van der Waals surface area contributed by atoms with Crippen LogP contribution < -0.4 is 4.74 Å². The van der Waals surface area contributed by atoms with Crippen molar-refractivity contribution in [2.24, 2.45) is 0 Å². The molecule has 5 heteroatoms. The molecule has 0 radical (unpaired) electrons. The number of rotatable bonds is 5. The van der Waals surface area contributed by atoms with E-state index >= 15 is 0 Å². The van der Waals surface area contributed by atoms with E-state index in [9.17, 15) is 18.3 Å². The van der Waals surface area contributed by atoms with Crippen molar-refractivity contribution in [3.8, 4) is 5.75 Å². The van der Waals surface area contributed by atoms with E-state index in [0.717, 1.165) is 5.56 Å². The zero-order chi connectivity index (χ0) is 18.6. The van der Waals surface area contributed by atoms with Gasteiger partial charge >= 0.3 is 6.18 Å². The van der Waals surface area contributed by atoms with E-state index in [0.29, 0.717) is 0 Å². The van der Waals surface area contributed by atoms with Crippen molar-refractivity contribution in [2.75, 3.05) is 0 Å². The molecule has 0 saturated carbocycles. The Kier molecular flexibility index (Phi) is 5.00. The Hall–Kier alpha value is -2.79. The molecule has 2 nitrogen and oxygen atoms in total. The maximum Gasteiger partial charge on any atom is 0.425 e. The molecule has 26 heavy (non-hydrogen) atoms. The van der Waals surface area contributed by atoms with Gasteiger partial charge in [-0.2, -0.15) is 13.2 Å². The van der Waals surface area contributed by atoms with E-state index in [2.05, 4.69) is 0 Å². The molecular formula is C21H17F3O2. The van der Waals surface area contributed by atoms with Crippen molar-refractivity contribution in [3.05, 3.63) is 102 Å². The van der Waals surface area contributed by atoms with E-state index in [-0.39, 0.29) is 23.5 Å². The van der Waals surface area contributed by atoms with Crippen LogP contribution in [0.4, 0.5) is 13.2 Å². The molecule has 134 valence electrons. The van der Waals surface area contributed by atoms with Gasteiger partial charge in [0.15, 0.2) is 0 Å². The maximum atomic E-state index is 13.9. The molecule has 0 aromatic heterocycles. The van der Waals surface area contributed by atoms with Crippen molar-refractivity contribution in [2.45, 2.75) is 18.4 Å². The first-order chi connectivity index (χ1) is 12.4. The quantitative estimate of drug-likeness (QED) is 0.690. The fourth-order valence-corrected chi connectivity index (χ4v) is 2.78. The molecule has 1 unspecified atom stereocenters. The molecule has 0 aliphatic rings. The van der Waals surface area contributed by atoms with Crippen LogP contribution in [0.15, 0.2) is 84.9 Å². The SMILES string of the molecule is OC(c1ccccc1)(c1ccccc1OCc1ccccc1)C(F)(F)F. The number of para-hydroxylation sites is 1. The third-order valence-corrected chi connectivity index (χ3v) is 4.12. The summed E-state index contributed by atoms with van der Waals surface area (Å²) in [5.74, 6) is -0.0139. The molecule has 0 amide bonds. The zero-order valence-electron chi connectivity index (χ0n) is 13.8. The predicted molar refractivity (Wildman–Crippen MR) is 92.7 cm³/mol. The summed E-state index contributed by atoms with van der Waals surface area (Å²) >= 11 is 0. The minimum atomic E-state index is -4.92. The minimum absolute atomic E-state index is 0.0139. The number of halogens is 3. The van der Waals surface area contributed by atoms with Crippen LogP contribution in [0, 0.1) is 0 Å². The van der Waals surface area contributed by atoms with Gasteiger partial charge in [-0.1, -0.05) is 78.9 Å². The normalized spacial score (nSPS) is 13.8. The molecule has 0 fully saturated rings. The van der Waals surface area contributed by atoms with Crippen LogP contribution in [-0.2, 0) is 12.2 Å². The summed E-state index contributed by atoms with van der Waals surface area (Å²) in [5, 5.41) is 10.8. The van der Waals surface area contributed by atoms with E-state index in [1.807, 2.05) is 30.3 Å². The van der Waals surface area contributed by atoms with Crippen LogP contribution in [0.5, 0.6) is 5.75 Å². The van der Waals surface area contributed by atoms with E-state index in [4.69, 9.17) is 4.74 Å². The lowest BCUT2D eigenvalue weighted by molar-refractivity contribution is -0.248. The molecule has 0 aliphatic carbocycles. The van der Waals surface area contributed by atoms with Crippen molar-refractivity contribution in [3.63, 3.8) is 0 Å². The summed E-state index contributed by atoms with van der Waals surface area (Å²) in [6.07, 6.45) is -4.92. The molecule has 0 saturated heterocycles. The Morgan fingerprint density at radius 3 is 1.88 bits per heavy atom. The minimum Gasteiger partial charge on any atom is -0.488 e. The van der Waals surface area contributed by atoms with E-state index < -0.39 is 11.8 Å². The highest BCUT2D eigenvalue weighted by atomic mass is 19.4. The Labute approximate surface area is 149 Å². The molecule has 0 heterocycles. The van der Waals surface area contributed by atoms with Gasteiger partial charge in [0.1, 0.15) is 12.4 Å². The van der Waals surface area contributed by atoms with Gasteiger partial charge in [0.2, 0.25) is 5.60 Å². The number of benzene rings is 3. The van der Waals surface area contributed by atoms with Gasteiger partial charge in [0.05, 0.1) is 0 Å². The number of ether oxygens (including phenoxy) is 1. The number of hydrogen-bond donors (Lipinski definition) is 1. The van der Waals surface area contributed by atoms with Gasteiger partial charge in [-0.3, -0.25) is 0 Å². The van der Waals surface area contributed by atoms with Gasteiger partial charge in [-0.15, -0.1) is 0 Å². The van der Waals surface area contributed by atoms with E-state index in [1.165, 1.54) is 42.5 Å². The second-order valence-corrected chi connectivity index (χ2v) is 5.84. The van der Waals surface area contributed by atoms with Crippen molar-refractivity contribution >= 4 is 0 Å². The Bertz CT molecular complexity index is 848. The molecule has 1 atom stereocenters. The zero-order valence-corrected chi connectivity index (χ0v) is 13.8. The largest absolute Gasteiger partial charge is 0.488 e. The topological polar surface area (TPSA) is 29.5 Å². The molecule has 3 aromatic rings. The summed E-state index contributed by atoms with van der Waals surface area (Å²) in [6.45, 7) is 0.0978. The predicted octanol–water partition coefficient (Wildman–Crippen LogP) is 5.06. The standard InChI is InChI=1S/C21H17F3O2/c22-21(23,24)20(25,17-11-5-2-6-12-17)18-13-7-8-14-19(18)26-15-16-9-3-1-4-10-16/h1-14,25H,15H2. The third-order valence-electron chi connectivity index (χ3n) is 4.12. The molecule has 0 bridgehead atoms. The summed E-state index contributed by atoms with van der Waals surface area (Å²) in [7, 11) is 0. The Morgan fingerprint density at radius 2 is 1.27 bits per heavy atom. The van der Waals surface area contributed by atoms with Gasteiger partial charge in [0, 0.05) is 5.56 Å². The highest BCUT2D eigenvalue weighted by Crippen LogP contribution is 2.47. The van der Waals surface area contributed by atoms with Crippen LogP contribution in [0.1, 0.15) is 16.7 Å². The molecule has 3 rings (SSSR count). The van der Waals surface area contributed by atoms with Gasteiger partial charge in [0.25, 0.3) is 0 Å². The number of aliphatic hydroxyl groups is 1. The van der Waals surface area contributed by atoms with Crippen LogP contribution in [-0.4, -0.2) is 11.3 Å². The summed E-state index contributed by atoms with van der Waals surface area (Å²) in [6, 6.07) is 21.8. The van der Waals surface area contributed by atoms with Gasteiger partial charge in [-0.05, 0) is 17.2 Å². The lowest BCUT2D eigenvalue weighted by atomic mass is 9.85. The monoisotopic (exact) mass is 358 g/mol. The summed E-state index contributed by atoms with van der Waals surface area (Å²) in [5.41, 5.74) is -2.95. The lowest BCUT2D eigenvalue weighted by Gasteiger charge is -2.32. The van der Waals surface area contributed by atoms with Gasteiger partial charge in [-0.25, -0.2) is 0 Å². The second kappa shape index (κ2) is 7.22. The first-order valence-electron chi connectivity index (χ1n) is 8.04. The highest BCUT2D eigenvalue weighted by molar-refractivity contribution is 5.46. The average Bonchev–Trinajstić information content (AvgIpc) is 2.66. The maximum absolute atomic E-state index is 13.9. The average molecular weight is 358 g/mol.